The fourth-order valence-electron chi connectivity index (χ4n) is 2.26. The molecule has 0 saturated heterocycles. The van der Waals surface area contributed by atoms with Crippen LogP contribution >= 0.6 is 0 Å². The van der Waals surface area contributed by atoms with Crippen LogP contribution in [0.3, 0.4) is 0 Å². The highest BCUT2D eigenvalue weighted by Gasteiger charge is 2.11. The molecule has 25 heavy (non-hydrogen) atoms. The first-order valence-electron chi connectivity index (χ1n) is 7.53. The van der Waals surface area contributed by atoms with E-state index in [-0.39, 0.29) is 0 Å². The number of amides is 1. The highest BCUT2D eigenvalue weighted by Crippen LogP contribution is 2.21. The summed E-state index contributed by atoms with van der Waals surface area (Å²) in [6.45, 7) is 0.486. The zero-order valence-electron chi connectivity index (χ0n) is 13.3. The molecule has 0 aliphatic heterocycles. The van der Waals surface area contributed by atoms with Crippen LogP contribution in [0.1, 0.15) is 15.9 Å². The average Bonchev–Trinajstić information content (AvgIpc) is 2.61. The molecule has 0 radical (unpaired) electrons. The van der Waals surface area contributed by atoms with Crippen LogP contribution in [0.15, 0.2) is 55.1 Å². The van der Waals surface area contributed by atoms with Crippen molar-refractivity contribution < 1.29 is 4.79 Å². The molecule has 1 amide bonds. The number of nitrogens with zero attached hydrogens (tertiary/aromatic N) is 3. The van der Waals surface area contributed by atoms with Gasteiger partial charge in [0.05, 0.1) is 17.4 Å². The maximum Gasteiger partial charge on any atom is 0.252 e. The van der Waals surface area contributed by atoms with E-state index in [1.165, 1.54) is 6.20 Å². The lowest BCUT2D eigenvalue weighted by Crippen LogP contribution is -2.15. The molecule has 0 aliphatic carbocycles. The Labute approximate surface area is 144 Å². The van der Waals surface area contributed by atoms with Gasteiger partial charge in [-0.05, 0) is 17.7 Å². The minimum Gasteiger partial charge on any atom is -0.399 e. The Hall–Kier alpha value is -3.68. The summed E-state index contributed by atoms with van der Waals surface area (Å²) in [5.41, 5.74) is 13.7. The molecule has 3 aromatic rings. The maximum absolute atomic E-state index is 11.6. The number of carbonyl (C=O) groups excluding carboxylic acids is 1. The standard InChI is InChI=1S/C17H17N7O/c18-12-3-1-2-11(6-12)8-22-14-7-15(23-9-13(14)17(19)25)24-16-10-20-4-5-21-16/h1-7,9-10H,8,18H2,(H2,19,25)(H2,21,22,23,24). The number of carbonyl (C=O) groups is 1. The first kappa shape index (κ1) is 16.2. The van der Waals surface area contributed by atoms with Gasteiger partial charge < -0.3 is 22.1 Å². The smallest absolute Gasteiger partial charge is 0.252 e. The lowest BCUT2D eigenvalue weighted by Gasteiger charge is -2.12. The van der Waals surface area contributed by atoms with E-state index in [9.17, 15) is 4.79 Å². The highest BCUT2D eigenvalue weighted by molar-refractivity contribution is 5.98. The molecule has 8 nitrogen and oxygen atoms in total. The van der Waals surface area contributed by atoms with Crippen LogP contribution in [0.4, 0.5) is 23.0 Å². The van der Waals surface area contributed by atoms with Gasteiger partial charge in [-0.3, -0.25) is 9.78 Å². The van der Waals surface area contributed by atoms with E-state index in [1.54, 1.807) is 24.7 Å². The van der Waals surface area contributed by atoms with Gasteiger partial charge in [0, 0.05) is 36.9 Å². The Bertz CT molecular complexity index is 883. The number of benzene rings is 1. The monoisotopic (exact) mass is 335 g/mol. The quantitative estimate of drug-likeness (QED) is 0.506. The van der Waals surface area contributed by atoms with Crippen molar-refractivity contribution in [2.75, 3.05) is 16.4 Å². The number of hydrogen-bond acceptors (Lipinski definition) is 7. The summed E-state index contributed by atoms with van der Waals surface area (Å²) in [4.78, 5) is 23.9. The number of primary amides is 1. The Morgan fingerprint density at radius 2 is 1.96 bits per heavy atom. The third-order valence-electron chi connectivity index (χ3n) is 3.42. The number of nitrogens with one attached hydrogen (secondary N) is 2. The zero-order chi connectivity index (χ0) is 17.6. The fourth-order valence-corrected chi connectivity index (χ4v) is 2.26. The Morgan fingerprint density at radius 3 is 2.68 bits per heavy atom. The molecule has 3 rings (SSSR count). The number of pyridine rings is 1. The van der Waals surface area contributed by atoms with E-state index >= 15 is 0 Å². The summed E-state index contributed by atoms with van der Waals surface area (Å²) in [7, 11) is 0. The van der Waals surface area contributed by atoms with Crippen molar-refractivity contribution >= 4 is 28.9 Å². The molecular weight excluding hydrogens is 318 g/mol. The van der Waals surface area contributed by atoms with Crippen molar-refractivity contribution in [3.8, 4) is 0 Å². The molecule has 2 heterocycles. The summed E-state index contributed by atoms with van der Waals surface area (Å²) in [6.07, 6.45) is 6.14. The molecule has 0 fully saturated rings. The van der Waals surface area contributed by atoms with Gasteiger partial charge in [-0.25, -0.2) is 9.97 Å². The molecule has 126 valence electrons. The Morgan fingerprint density at radius 1 is 1.08 bits per heavy atom. The first-order valence-corrected chi connectivity index (χ1v) is 7.53. The van der Waals surface area contributed by atoms with Crippen molar-refractivity contribution in [1.82, 2.24) is 15.0 Å². The number of rotatable bonds is 6. The zero-order valence-corrected chi connectivity index (χ0v) is 13.3. The molecule has 6 N–H and O–H groups in total. The summed E-state index contributed by atoms with van der Waals surface area (Å²) in [5, 5.41) is 6.21. The second-order valence-electron chi connectivity index (χ2n) is 5.29. The first-order chi connectivity index (χ1) is 12.1. The van der Waals surface area contributed by atoms with Crippen LogP contribution in [-0.2, 0) is 6.54 Å². The van der Waals surface area contributed by atoms with Crippen LogP contribution in [0.5, 0.6) is 0 Å². The second-order valence-corrected chi connectivity index (χ2v) is 5.29. The third-order valence-corrected chi connectivity index (χ3v) is 3.42. The molecule has 8 heteroatoms. The van der Waals surface area contributed by atoms with Gasteiger partial charge in [0.15, 0.2) is 0 Å². The number of anilines is 4. The molecule has 0 bridgehead atoms. The average molecular weight is 335 g/mol. The lowest BCUT2D eigenvalue weighted by molar-refractivity contribution is 0.100. The number of aromatic nitrogens is 3. The van der Waals surface area contributed by atoms with E-state index in [0.29, 0.717) is 35.1 Å². The minimum absolute atomic E-state index is 0.300. The maximum atomic E-state index is 11.6. The molecule has 0 atom stereocenters. The van der Waals surface area contributed by atoms with Gasteiger partial charge in [-0.1, -0.05) is 12.1 Å². The number of nitrogen functional groups attached to an aromatic ring is 1. The molecule has 0 unspecified atom stereocenters. The van der Waals surface area contributed by atoms with Crippen LogP contribution in [0, 0.1) is 0 Å². The van der Waals surface area contributed by atoms with E-state index in [2.05, 4.69) is 25.6 Å². The number of nitrogens with two attached hydrogens (primary N) is 2. The third kappa shape index (κ3) is 4.20. The van der Waals surface area contributed by atoms with E-state index in [4.69, 9.17) is 11.5 Å². The molecule has 0 spiro atoms. The number of hydrogen-bond donors (Lipinski definition) is 4. The summed E-state index contributed by atoms with van der Waals surface area (Å²) >= 11 is 0. The Kier molecular flexibility index (Phi) is 4.70. The van der Waals surface area contributed by atoms with Crippen molar-refractivity contribution in [3.05, 3.63) is 66.2 Å². The summed E-state index contributed by atoms with van der Waals surface area (Å²) in [5.74, 6) is 0.498. The van der Waals surface area contributed by atoms with Gasteiger partial charge in [0.1, 0.15) is 11.6 Å². The molecule has 2 aromatic heterocycles. The lowest BCUT2D eigenvalue weighted by atomic mass is 10.1. The fraction of sp³-hybridized carbons (Fsp3) is 0.0588. The van der Waals surface area contributed by atoms with Gasteiger partial charge in [0.2, 0.25) is 0 Å². The van der Waals surface area contributed by atoms with Crippen molar-refractivity contribution in [2.24, 2.45) is 5.73 Å². The van der Waals surface area contributed by atoms with Crippen LogP contribution < -0.4 is 22.1 Å². The van der Waals surface area contributed by atoms with Crippen LogP contribution in [0.25, 0.3) is 0 Å². The van der Waals surface area contributed by atoms with Crippen molar-refractivity contribution in [3.63, 3.8) is 0 Å². The topological polar surface area (TPSA) is 132 Å². The molecule has 0 saturated carbocycles. The highest BCUT2D eigenvalue weighted by atomic mass is 16.1. The SMILES string of the molecule is NC(=O)c1cnc(Nc2cnccn2)cc1NCc1cccc(N)c1. The van der Waals surface area contributed by atoms with Gasteiger partial charge >= 0.3 is 0 Å². The summed E-state index contributed by atoms with van der Waals surface area (Å²) in [6, 6.07) is 9.17. The second kappa shape index (κ2) is 7.26. The predicted octanol–water partition coefficient (Wildman–Crippen LogP) is 1.91. The van der Waals surface area contributed by atoms with Gasteiger partial charge in [0.25, 0.3) is 5.91 Å². The van der Waals surface area contributed by atoms with E-state index in [0.717, 1.165) is 5.56 Å². The predicted molar refractivity (Wildman–Crippen MR) is 96.3 cm³/mol. The normalized spacial score (nSPS) is 10.2. The van der Waals surface area contributed by atoms with Crippen LogP contribution in [-0.4, -0.2) is 20.9 Å². The van der Waals surface area contributed by atoms with E-state index < -0.39 is 5.91 Å². The molecular formula is C17H17N7O. The largest absolute Gasteiger partial charge is 0.399 e. The molecule has 1 aromatic carbocycles. The van der Waals surface area contributed by atoms with Gasteiger partial charge in [-0.2, -0.15) is 0 Å². The van der Waals surface area contributed by atoms with Gasteiger partial charge in [-0.15, -0.1) is 0 Å². The van der Waals surface area contributed by atoms with Crippen LogP contribution in [0.2, 0.25) is 0 Å². The molecule has 0 aliphatic rings. The van der Waals surface area contributed by atoms with E-state index in [1.807, 2.05) is 24.3 Å². The van der Waals surface area contributed by atoms with Crippen molar-refractivity contribution in [2.45, 2.75) is 6.54 Å². The van der Waals surface area contributed by atoms with Crippen molar-refractivity contribution in [1.29, 1.82) is 0 Å². The minimum atomic E-state index is -0.561. The summed E-state index contributed by atoms with van der Waals surface area (Å²) < 4.78 is 0. The Balaban J connectivity index is 1.82.